The number of carbonyl (C=O) groups excluding carboxylic acids is 1. The molecule has 0 saturated heterocycles. The van der Waals surface area contributed by atoms with Gasteiger partial charge in [-0.05, 0) is 30.3 Å². The molecule has 0 bridgehead atoms. The SMILES string of the molecule is COc1ccc(C=C2Sc3ccccc3NC2=O)c(OC)c1OC. The topological polar surface area (TPSA) is 56.8 Å². The highest BCUT2D eigenvalue weighted by Crippen LogP contribution is 2.43. The molecular formula is C18H17NO4S. The molecule has 0 atom stereocenters. The fourth-order valence-corrected chi connectivity index (χ4v) is 3.42. The van der Waals surface area contributed by atoms with Crippen LogP contribution in [0.4, 0.5) is 5.69 Å². The molecule has 0 aliphatic carbocycles. The van der Waals surface area contributed by atoms with E-state index in [9.17, 15) is 4.79 Å². The van der Waals surface area contributed by atoms with E-state index >= 15 is 0 Å². The van der Waals surface area contributed by atoms with Crippen molar-refractivity contribution in [1.82, 2.24) is 0 Å². The number of ether oxygens (including phenoxy) is 3. The smallest absolute Gasteiger partial charge is 0.262 e. The van der Waals surface area contributed by atoms with E-state index in [4.69, 9.17) is 14.2 Å². The van der Waals surface area contributed by atoms with Gasteiger partial charge in [-0.1, -0.05) is 23.9 Å². The highest BCUT2D eigenvalue weighted by Gasteiger charge is 2.22. The Hall–Kier alpha value is -2.60. The molecule has 3 rings (SSSR count). The second kappa shape index (κ2) is 6.88. The van der Waals surface area contributed by atoms with Gasteiger partial charge in [0.05, 0.1) is 31.9 Å². The number of para-hydroxylation sites is 1. The second-order valence-corrected chi connectivity index (χ2v) is 6.07. The number of anilines is 1. The summed E-state index contributed by atoms with van der Waals surface area (Å²) in [5, 5.41) is 2.89. The normalized spacial score (nSPS) is 14.8. The van der Waals surface area contributed by atoms with E-state index in [-0.39, 0.29) is 5.91 Å². The Morgan fingerprint density at radius 2 is 1.71 bits per heavy atom. The summed E-state index contributed by atoms with van der Waals surface area (Å²) in [6.45, 7) is 0. The average molecular weight is 343 g/mol. The predicted octanol–water partition coefficient (Wildman–Crippen LogP) is 3.80. The van der Waals surface area contributed by atoms with Crippen molar-refractivity contribution in [3.63, 3.8) is 0 Å². The van der Waals surface area contributed by atoms with Gasteiger partial charge in [0.15, 0.2) is 11.5 Å². The van der Waals surface area contributed by atoms with Gasteiger partial charge in [-0.25, -0.2) is 0 Å². The maximum atomic E-state index is 12.3. The van der Waals surface area contributed by atoms with Gasteiger partial charge in [0.1, 0.15) is 0 Å². The lowest BCUT2D eigenvalue weighted by molar-refractivity contribution is -0.112. The molecular weight excluding hydrogens is 326 g/mol. The minimum absolute atomic E-state index is 0.143. The van der Waals surface area contributed by atoms with Crippen molar-refractivity contribution < 1.29 is 19.0 Å². The van der Waals surface area contributed by atoms with Crippen LogP contribution in [0.15, 0.2) is 46.2 Å². The van der Waals surface area contributed by atoms with E-state index in [1.807, 2.05) is 30.3 Å². The number of fused-ring (bicyclic) bond motifs is 1. The average Bonchev–Trinajstić information content (AvgIpc) is 2.61. The first-order chi connectivity index (χ1) is 11.7. The lowest BCUT2D eigenvalue weighted by Gasteiger charge is -2.19. The lowest BCUT2D eigenvalue weighted by Crippen LogP contribution is -2.17. The van der Waals surface area contributed by atoms with Crippen molar-refractivity contribution in [1.29, 1.82) is 0 Å². The van der Waals surface area contributed by atoms with E-state index < -0.39 is 0 Å². The molecule has 5 nitrogen and oxygen atoms in total. The number of benzene rings is 2. The van der Waals surface area contributed by atoms with Crippen LogP contribution in [0.3, 0.4) is 0 Å². The van der Waals surface area contributed by atoms with Crippen molar-refractivity contribution in [3.8, 4) is 17.2 Å². The van der Waals surface area contributed by atoms with E-state index in [1.54, 1.807) is 33.5 Å². The zero-order valence-corrected chi connectivity index (χ0v) is 14.4. The third-order valence-electron chi connectivity index (χ3n) is 3.60. The lowest BCUT2D eigenvalue weighted by atomic mass is 10.1. The molecule has 0 unspecified atom stereocenters. The summed E-state index contributed by atoms with van der Waals surface area (Å²) in [7, 11) is 4.68. The summed E-state index contributed by atoms with van der Waals surface area (Å²) < 4.78 is 16.1. The first-order valence-electron chi connectivity index (χ1n) is 7.26. The van der Waals surface area contributed by atoms with Crippen LogP contribution in [-0.4, -0.2) is 27.2 Å². The number of nitrogens with one attached hydrogen (secondary N) is 1. The monoisotopic (exact) mass is 343 g/mol. The Kier molecular flexibility index (Phi) is 4.66. The summed E-state index contributed by atoms with van der Waals surface area (Å²) in [4.78, 5) is 13.9. The molecule has 0 fully saturated rings. The molecule has 1 N–H and O–H groups in total. The molecule has 0 spiro atoms. The molecule has 0 aromatic heterocycles. The van der Waals surface area contributed by atoms with Gasteiger partial charge in [-0.2, -0.15) is 0 Å². The molecule has 1 aliphatic heterocycles. The summed E-state index contributed by atoms with van der Waals surface area (Å²) in [6, 6.07) is 11.3. The van der Waals surface area contributed by atoms with Gasteiger partial charge in [0, 0.05) is 10.5 Å². The molecule has 0 radical (unpaired) electrons. The number of carbonyl (C=O) groups is 1. The van der Waals surface area contributed by atoms with E-state index in [1.165, 1.54) is 11.8 Å². The van der Waals surface area contributed by atoms with Crippen LogP contribution < -0.4 is 19.5 Å². The third kappa shape index (κ3) is 2.92. The van der Waals surface area contributed by atoms with Crippen molar-refractivity contribution in [3.05, 3.63) is 46.9 Å². The molecule has 1 aliphatic rings. The van der Waals surface area contributed by atoms with E-state index in [2.05, 4.69) is 5.32 Å². The number of rotatable bonds is 4. The molecule has 0 saturated carbocycles. The fourth-order valence-electron chi connectivity index (χ4n) is 2.48. The number of thioether (sulfide) groups is 1. The third-order valence-corrected chi connectivity index (χ3v) is 4.70. The van der Waals surface area contributed by atoms with Crippen molar-refractivity contribution in [2.24, 2.45) is 0 Å². The van der Waals surface area contributed by atoms with E-state index in [0.717, 1.165) is 16.1 Å². The van der Waals surface area contributed by atoms with Gasteiger partial charge in [-0.3, -0.25) is 4.79 Å². The van der Waals surface area contributed by atoms with Crippen LogP contribution >= 0.6 is 11.8 Å². The quantitative estimate of drug-likeness (QED) is 0.856. The first kappa shape index (κ1) is 16.3. The first-order valence-corrected chi connectivity index (χ1v) is 8.08. The maximum Gasteiger partial charge on any atom is 0.262 e. The fraction of sp³-hybridized carbons (Fsp3) is 0.167. The summed E-state index contributed by atoms with van der Waals surface area (Å²) in [5.41, 5.74) is 1.57. The minimum Gasteiger partial charge on any atom is -0.493 e. The minimum atomic E-state index is -0.143. The number of hydrogen-bond acceptors (Lipinski definition) is 5. The number of methoxy groups -OCH3 is 3. The van der Waals surface area contributed by atoms with Gasteiger partial charge in [-0.15, -0.1) is 0 Å². The molecule has 2 aromatic rings. The highest BCUT2D eigenvalue weighted by atomic mass is 32.2. The molecule has 124 valence electrons. The summed E-state index contributed by atoms with van der Waals surface area (Å²) in [6.07, 6.45) is 1.79. The van der Waals surface area contributed by atoms with Crippen LogP contribution in [-0.2, 0) is 4.79 Å². The van der Waals surface area contributed by atoms with Gasteiger partial charge in [0.25, 0.3) is 5.91 Å². The van der Waals surface area contributed by atoms with Crippen molar-refractivity contribution in [2.45, 2.75) is 4.90 Å². The number of hydrogen-bond donors (Lipinski definition) is 1. The van der Waals surface area contributed by atoms with Crippen LogP contribution in [0.2, 0.25) is 0 Å². The zero-order valence-electron chi connectivity index (χ0n) is 13.6. The van der Waals surface area contributed by atoms with Crippen LogP contribution in [0, 0.1) is 0 Å². The second-order valence-electron chi connectivity index (χ2n) is 4.98. The Labute approximate surface area is 144 Å². The molecule has 1 heterocycles. The Morgan fingerprint density at radius 1 is 0.958 bits per heavy atom. The summed E-state index contributed by atoms with van der Waals surface area (Å²) >= 11 is 1.42. The highest BCUT2D eigenvalue weighted by molar-refractivity contribution is 8.04. The Bertz CT molecular complexity index is 817. The van der Waals surface area contributed by atoms with Gasteiger partial charge < -0.3 is 19.5 Å². The van der Waals surface area contributed by atoms with Crippen LogP contribution in [0.5, 0.6) is 17.2 Å². The molecule has 6 heteroatoms. The zero-order chi connectivity index (χ0) is 17.1. The van der Waals surface area contributed by atoms with E-state index in [0.29, 0.717) is 22.2 Å². The van der Waals surface area contributed by atoms with Crippen molar-refractivity contribution in [2.75, 3.05) is 26.6 Å². The maximum absolute atomic E-state index is 12.3. The molecule has 1 amide bonds. The predicted molar refractivity (Wildman–Crippen MR) is 95.0 cm³/mol. The van der Waals surface area contributed by atoms with Crippen molar-refractivity contribution >= 4 is 29.4 Å². The van der Waals surface area contributed by atoms with Crippen LogP contribution in [0.1, 0.15) is 5.56 Å². The Balaban J connectivity index is 2.04. The summed E-state index contributed by atoms with van der Waals surface area (Å²) in [5.74, 6) is 1.45. The van der Waals surface area contributed by atoms with Gasteiger partial charge >= 0.3 is 0 Å². The molecule has 2 aromatic carbocycles. The Morgan fingerprint density at radius 3 is 2.42 bits per heavy atom. The van der Waals surface area contributed by atoms with Crippen LogP contribution in [0.25, 0.3) is 6.08 Å². The standard InChI is InChI=1S/C18H17NO4S/c1-21-13-9-8-11(16(22-2)17(13)23-3)10-15-18(20)19-12-6-4-5-7-14(12)24-15/h4-10H,1-3H3,(H,19,20). The molecule has 24 heavy (non-hydrogen) atoms. The largest absolute Gasteiger partial charge is 0.493 e. The van der Waals surface area contributed by atoms with Gasteiger partial charge in [0.2, 0.25) is 5.75 Å². The number of amides is 1.